The van der Waals surface area contributed by atoms with Gasteiger partial charge in [0.25, 0.3) is 5.91 Å². The molecule has 0 aromatic heterocycles. The third-order valence-electron chi connectivity index (χ3n) is 2.75. The number of halogens is 2. The van der Waals surface area contributed by atoms with E-state index in [9.17, 15) is 9.18 Å². The molecule has 5 heteroatoms. The van der Waals surface area contributed by atoms with Crippen molar-refractivity contribution in [2.45, 2.75) is 0 Å². The molecule has 0 aliphatic rings. The molecule has 2 N–H and O–H groups in total. The van der Waals surface area contributed by atoms with Gasteiger partial charge >= 0.3 is 0 Å². The Kier molecular flexibility index (Phi) is 3.71. The minimum absolute atomic E-state index is 0.00770. The predicted octanol–water partition coefficient (Wildman–Crippen LogP) is 3.34. The van der Waals surface area contributed by atoms with Crippen LogP contribution in [-0.2, 0) is 0 Å². The SMILES string of the molecule is CN(C(=O)c1ccc(Cl)c(F)c1)c1ccc(N)cc1. The second-order valence-corrected chi connectivity index (χ2v) is 4.49. The lowest BCUT2D eigenvalue weighted by molar-refractivity contribution is 0.0992. The topological polar surface area (TPSA) is 46.3 Å². The molecule has 0 saturated carbocycles. The molecule has 1 amide bonds. The molecule has 0 radical (unpaired) electrons. The maximum Gasteiger partial charge on any atom is 0.258 e. The fraction of sp³-hybridized carbons (Fsp3) is 0.0714. The highest BCUT2D eigenvalue weighted by Gasteiger charge is 2.14. The number of hydrogen-bond donors (Lipinski definition) is 1. The van der Waals surface area contributed by atoms with Gasteiger partial charge in [0.15, 0.2) is 0 Å². The van der Waals surface area contributed by atoms with Crippen molar-refractivity contribution in [2.24, 2.45) is 0 Å². The van der Waals surface area contributed by atoms with Gasteiger partial charge in [0.2, 0.25) is 0 Å². The average Bonchev–Trinajstić information content (AvgIpc) is 2.41. The standard InChI is InChI=1S/C14H12ClFN2O/c1-18(11-5-3-10(17)4-6-11)14(19)9-2-7-12(15)13(16)8-9/h2-8H,17H2,1H3. The van der Waals surface area contributed by atoms with Gasteiger partial charge in [0.05, 0.1) is 5.02 Å². The minimum Gasteiger partial charge on any atom is -0.399 e. The van der Waals surface area contributed by atoms with E-state index in [4.69, 9.17) is 17.3 Å². The zero-order valence-electron chi connectivity index (χ0n) is 10.2. The van der Waals surface area contributed by atoms with E-state index in [2.05, 4.69) is 0 Å². The number of hydrogen-bond acceptors (Lipinski definition) is 2. The lowest BCUT2D eigenvalue weighted by Crippen LogP contribution is -2.26. The number of rotatable bonds is 2. The van der Waals surface area contributed by atoms with Gasteiger partial charge in [-0.05, 0) is 42.5 Å². The van der Waals surface area contributed by atoms with Crippen LogP contribution in [0.1, 0.15) is 10.4 Å². The van der Waals surface area contributed by atoms with Crippen molar-refractivity contribution in [3.05, 3.63) is 58.9 Å². The van der Waals surface area contributed by atoms with Crippen LogP contribution in [0.3, 0.4) is 0 Å². The van der Waals surface area contributed by atoms with Crippen LogP contribution < -0.4 is 10.6 Å². The summed E-state index contributed by atoms with van der Waals surface area (Å²) in [5.41, 5.74) is 7.11. The summed E-state index contributed by atoms with van der Waals surface area (Å²) < 4.78 is 13.3. The minimum atomic E-state index is -0.613. The van der Waals surface area contributed by atoms with Crippen molar-refractivity contribution in [1.82, 2.24) is 0 Å². The molecule has 0 aliphatic heterocycles. The van der Waals surface area contributed by atoms with Crippen molar-refractivity contribution in [2.75, 3.05) is 17.7 Å². The molecule has 98 valence electrons. The van der Waals surface area contributed by atoms with E-state index < -0.39 is 5.82 Å². The Hall–Kier alpha value is -2.07. The summed E-state index contributed by atoms with van der Waals surface area (Å²) in [6.07, 6.45) is 0. The monoisotopic (exact) mass is 278 g/mol. The van der Waals surface area contributed by atoms with Crippen LogP contribution >= 0.6 is 11.6 Å². The van der Waals surface area contributed by atoms with Gasteiger partial charge in [-0.3, -0.25) is 4.79 Å². The van der Waals surface area contributed by atoms with Crippen LogP contribution in [0.2, 0.25) is 5.02 Å². The van der Waals surface area contributed by atoms with Gasteiger partial charge in [-0.1, -0.05) is 11.6 Å². The number of anilines is 2. The molecule has 2 aromatic carbocycles. The number of carbonyl (C=O) groups is 1. The zero-order chi connectivity index (χ0) is 14.0. The first-order valence-electron chi connectivity index (χ1n) is 5.57. The lowest BCUT2D eigenvalue weighted by Gasteiger charge is -2.17. The van der Waals surface area contributed by atoms with Crippen LogP contribution in [0.15, 0.2) is 42.5 Å². The number of nitrogens with zero attached hydrogens (tertiary/aromatic N) is 1. The molecular weight excluding hydrogens is 267 g/mol. The number of benzene rings is 2. The molecule has 0 fully saturated rings. The van der Waals surface area contributed by atoms with Crippen LogP contribution in [0.4, 0.5) is 15.8 Å². The number of carbonyl (C=O) groups excluding carboxylic acids is 1. The average molecular weight is 279 g/mol. The second kappa shape index (κ2) is 5.28. The summed E-state index contributed by atoms with van der Waals surface area (Å²) in [6, 6.07) is 10.8. The van der Waals surface area contributed by atoms with Crippen molar-refractivity contribution in [3.63, 3.8) is 0 Å². The van der Waals surface area contributed by atoms with Crippen LogP contribution in [-0.4, -0.2) is 13.0 Å². The van der Waals surface area contributed by atoms with E-state index in [1.807, 2.05) is 0 Å². The molecule has 2 aromatic rings. The second-order valence-electron chi connectivity index (χ2n) is 4.08. The Labute approximate surface area is 115 Å². The lowest BCUT2D eigenvalue weighted by atomic mass is 10.2. The van der Waals surface area contributed by atoms with Crippen LogP contribution in [0.5, 0.6) is 0 Å². The smallest absolute Gasteiger partial charge is 0.258 e. The molecule has 19 heavy (non-hydrogen) atoms. The fourth-order valence-electron chi connectivity index (χ4n) is 1.64. The van der Waals surface area contributed by atoms with E-state index in [1.54, 1.807) is 31.3 Å². The molecule has 0 unspecified atom stereocenters. The largest absolute Gasteiger partial charge is 0.399 e. The maximum atomic E-state index is 13.3. The Morgan fingerprint density at radius 3 is 2.42 bits per heavy atom. The van der Waals surface area contributed by atoms with Crippen LogP contribution in [0.25, 0.3) is 0 Å². The highest BCUT2D eigenvalue weighted by atomic mass is 35.5. The third kappa shape index (κ3) is 2.85. The molecule has 2 rings (SSSR count). The normalized spacial score (nSPS) is 10.3. The fourth-order valence-corrected chi connectivity index (χ4v) is 1.76. The van der Waals surface area contributed by atoms with Gasteiger partial charge in [-0.15, -0.1) is 0 Å². The van der Waals surface area contributed by atoms with E-state index in [-0.39, 0.29) is 16.5 Å². The molecule has 3 nitrogen and oxygen atoms in total. The summed E-state index contributed by atoms with van der Waals surface area (Å²) in [7, 11) is 1.61. The summed E-state index contributed by atoms with van der Waals surface area (Å²) in [6.45, 7) is 0. The Bertz CT molecular complexity index is 613. The first-order valence-corrected chi connectivity index (χ1v) is 5.95. The molecule has 0 spiro atoms. The van der Waals surface area contributed by atoms with Gasteiger partial charge in [-0.25, -0.2) is 4.39 Å². The van der Waals surface area contributed by atoms with Crippen molar-refractivity contribution in [3.8, 4) is 0 Å². The van der Waals surface area contributed by atoms with Crippen molar-refractivity contribution < 1.29 is 9.18 Å². The third-order valence-corrected chi connectivity index (χ3v) is 3.06. The first-order chi connectivity index (χ1) is 8.99. The Balaban J connectivity index is 2.28. The van der Waals surface area contributed by atoms with Gasteiger partial charge in [0, 0.05) is 24.0 Å². The van der Waals surface area contributed by atoms with Crippen LogP contribution in [0, 0.1) is 5.82 Å². The highest BCUT2D eigenvalue weighted by molar-refractivity contribution is 6.30. The zero-order valence-corrected chi connectivity index (χ0v) is 11.0. The molecule has 0 heterocycles. The number of amides is 1. The van der Waals surface area contributed by atoms with Gasteiger partial charge in [-0.2, -0.15) is 0 Å². The van der Waals surface area contributed by atoms with E-state index >= 15 is 0 Å². The first kappa shape index (κ1) is 13.4. The van der Waals surface area contributed by atoms with Gasteiger partial charge < -0.3 is 10.6 Å². The predicted molar refractivity (Wildman–Crippen MR) is 75.0 cm³/mol. The van der Waals surface area contributed by atoms with Crippen molar-refractivity contribution >= 4 is 28.9 Å². The summed E-state index contributed by atoms with van der Waals surface area (Å²) in [5.74, 6) is -0.932. The van der Waals surface area contributed by atoms with E-state index in [0.29, 0.717) is 11.4 Å². The number of nitrogen functional groups attached to an aromatic ring is 1. The Morgan fingerprint density at radius 2 is 1.84 bits per heavy atom. The summed E-state index contributed by atoms with van der Waals surface area (Å²) in [5, 5.41) is -0.00770. The quantitative estimate of drug-likeness (QED) is 0.857. The summed E-state index contributed by atoms with van der Waals surface area (Å²) >= 11 is 5.59. The molecular formula is C14H12ClFN2O. The van der Waals surface area contributed by atoms with Gasteiger partial charge in [0.1, 0.15) is 5.82 Å². The van der Waals surface area contributed by atoms with E-state index in [0.717, 1.165) is 6.07 Å². The molecule has 0 aliphatic carbocycles. The molecule has 0 saturated heterocycles. The maximum absolute atomic E-state index is 13.3. The molecule has 0 bridgehead atoms. The van der Waals surface area contributed by atoms with Crippen molar-refractivity contribution in [1.29, 1.82) is 0 Å². The summed E-state index contributed by atoms with van der Waals surface area (Å²) in [4.78, 5) is 13.6. The Morgan fingerprint density at radius 1 is 1.21 bits per heavy atom. The van der Waals surface area contributed by atoms with E-state index in [1.165, 1.54) is 17.0 Å². The highest BCUT2D eigenvalue weighted by Crippen LogP contribution is 2.20. The number of nitrogens with two attached hydrogens (primary N) is 1. The molecule has 0 atom stereocenters.